The van der Waals surface area contributed by atoms with Gasteiger partial charge in [-0.2, -0.15) is 5.10 Å². The Morgan fingerprint density at radius 3 is 2.00 bits per heavy atom. The van der Waals surface area contributed by atoms with Crippen LogP contribution in [-0.2, 0) is 26.4 Å². The fraction of sp³-hybridized carbons (Fsp3) is 0.311. The lowest BCUT2D eigenvalue weighted by Crippen LogP contribution is -2.38. The zero-order chi connectivity index (χ0) is 51.7. The van der Waals surface area contributed by atoms with Crippen molar-refractivity contribution in [3.63, 3.8) is 0 Å². The van der Waals surface area contributed by atoms with Crippen LogP contribution >= 0.6 is 0 Å². The molecule has 12 nitrogen and oxygen atoms in total. The van der Waals surface area contributed by atoms with Crippen LogP contribution in [0.5, 0.6) is 17.4 Å². The van der Waals surface area contributed by atoms with Crippen LogP contribution in [0.1, 0.15) is 96.6 Å². The summed E-state index contributed by atoms with van der Waals surface area (Å²) in [5, 5.41) is 6.76. The summed E-state index contributed by atoms with van der Waals surface area (Å²) in [7, 11) is 2.97. The number of hydrogen-bond donors (Lipinski definition) is 0. The van der Waals surface area contributed by atoms with E-state index < -0.39 is 29.0 Å². The number of benzene rings is 6. The molecule has 1 saturated carbocycles. The number of nitrogens with zero attached hydrogens (tertiary/aromatic N) is 4. The van der Waals surface area contributed by atoms with Gasteiger partial charge in [0.2, 0.25) is 5.88 Å². The minimum absolute atomic E-state index is 0.0602. The average molecular weight is 997 g/mol. The minimum atomic E-state index is -0.985. The minimum Gasteiger partial charge on any atom is -0.488 e. The van der Waals surface area contributed by atoms with Crippen molar-refractivity contribution >= 4 is 33.9 Å². The summed E-state index contributed by atoms with van der Waals surface area (Å²) in [6.07, 6.45) is 3.37. The molecule has 74 heavy (non-hydrogen) atoms. The molecule has 1 amide bonds. The van der Waals surface area contributed by atoms with Crippen molar-refractivity contribution in [2.75, 3.05) is 33.9 Å². The number of methoxy groups -OCH3 is 2. The normalized spacial score (nSPS) is 15.3. The summed E-state index contributed by atoms with van der Waals surface area (Å²) < 4.78 is 55.9. The lowest BCUT2D eigenvalue weighted by Gasteiger charge is -2.36. The zero-order valence-corrected chi connectivity index (χ0v) is 42.9. The summed E-state index contributed by atoms with van der Waals surface area (Å²) in [4.78, 5) is 32.6. The molecule has 2 aromatic heterocycles. The van der Waals surface area contributed by atoms with Crippen LogP contribution in [0.15, 0.2) is 140 Å². The summed E-state index contributed by atoms with van der Waals surface area (Å²) in [6, 6.07) is 43.3. The Morgan fingerprint density at radius 2 is 1.42 bits per heavy atom. The van der Waals surface area contributed by atoms with E-state index in [1.807, 2.05) is 105 Å². The van der Waals surface area contributed by atoms with Crippen molar-refractivity contribution in [2.24, 2.45) is 0 Å². The molecule has 380 valence electrons. The number of hydrogen-bond acceptors (Lipinski definition) is 10. The summed E-state index contributed by atoms with van der Waals surface area (Å²) in [5.74, 6) is 0.394. The molecule has 8 aromatic rings. The van der Waals surface area contributed by atoms with Gasteiger partial charge in [0.1, 0.15) is 47.5 Å². The van der Waals surface area contributed by atoms with E-state index in [1.165, 1.54) is 13.2 Å². The molecule has 1 aliphatic carbocycles. The highest BCUT2D eigenvalue weighted by molar-refractivity contribution is 6.05. The van der Waals surface area contributed by atoms with Crippen molar-refractivity contribution in [3.05, 3.63) is 184 Å². The molecule has 0 spiro atoms. The van der Waals surface area contributed by atoms with Gasteiger partial charge in [-0.25, -0.2) is 19.0 Å². The van der Waals surface area contributed by atoms with Crippen molar-refractivity contribution in [1.82, 2.24) is 19.7 Å². The van der Waals surface area contributed by atoms with Crippen LogP contribution in [0, 0.1) is 12.7 Å². The van der Waals surface area contributed by atoms with Crippen molar-refractivity contribution in [1.29, 1.82) is 0 Å². The number of halogens is 1. The van der Waals surface area contributed by atoms with Crippen LogP contribution in [0.4, 0.5) is 9.18 Å². The molecule has 3 heterocycles. The smallest absolute Gasteiger partial charge is 0.410 e. The van der Waals surface area contributed by atoms with Gasteiger partial charge in [0.25, 0.3) is 0 Å². The number of carbonyl (C=O) groups excluding carboxylic acids is 2. The van der Waals surface area contributed by atoms with Gasteiger partial charge in [0.15, 0.2) is 5.75 Å². The van der Waals surface area contributed by atoms with Crippen LogP contribution in [-0.4, -0.2) is 83.5 Å². The molecule has 10 rings (SSSR count). The highest BCUT2D eigenvalue weighted by Crippen LogP contribution is 2.54. The number of pyridine rings is 1. The molecule has 0 N–H and O–H groups in total. The zero-order valence-electron chi connectivity index (χ0n) is 42.9. The molecule has 0 unspecified atom stereocenters. The topological polar surface area (TPSA) is 123 Å². The van der Waals surface area contributed by atoms with E-state index in [1.54, 1.807) is 37.1 Å². The number of ether oxygens (including phenoxy) is 6. The molecule has 13 heteroatoms. The van der Waals surface area contributed by atoms with Gasteiger partial charge < -0.3 is 33.3 Å². The number of rotatable bonds is 16. The van der Waals surface area contributed by atoms with Crippen LogP contribution in [0.3, 0.4) is 0 Å². The highest BCUT2D eigenvalue weighted by atomic mass is 19.1. The fourth-order valence-electron chi connectivity index (χ4n) is 10.0. The summed E-state index contributed by atoms with van der Waals surface area (Å²) in [6.45, 7) is 10.3. The largest absolute Gasteiger partial charge is 0.488 e. The first-order valence-electron chi connectivity index (χ1n) is 25.2. The lowest BCUT2D eigenvalue weighted by atomic mass is 9.77. The maximum atomic E-state index is 17.2. The number of amides is 1. The van der Waals surface area contributed by atoms with E-state index in [2.05, 4.69) is 42.5 Å². The lowest BCUT2D eigenvalue weighted by molar-refractivity contribution is 0.0275. The predicted molar refractivity (Wildman–Crippen MR) is 283 cm³/mol. The van der Waals surface area contributed by atoms with E-state index in [0.29, 0.717) is 69.7 Å². The highest BCUT2D eigenvalue weighted by Gasteiger charge is 2.41. The van der Waals surface area contributed by atoms with Gasteiger partial charge in [0, 0.05) is 60.3 Å². The van der Waals surface area contributed by atoms with E-state index in [0.717, 1.165) is 46.0 Å². The summed E-state index contributed by atoms with van der Waals surface area (Å²) >= 11 is 0. The molecule has 0 bridgehead atoms. The Balaban J connectivity index is 1.22. The maximum absolute atomic E-state index is 17.2. The number of likely N-dealkylation sites (tertiary alicyclic amines) is 1. The molecular weight excluding hydrogens is 936 g/mol. The van der Waals surface area contributed by atoms with Gasteiger partial charge in [-0.05, 0) is 105 Å². The average Bonchev–Trinajstić information content (AvgIpc) is 4.02. The number of carbonyl (C=O) groups is 2. The van der Waals surface area contributed by atoms with E-state index in [4.69, 9.17) is 38.5 Å². The third kappa shape index (κ3) is 9.88. The molecule has 2 atom stereocenters. The first-order valence-corrected chi connectivity index (χ1v) is 25.2. The molecular formula is C61H61FN4O8. The number of aromatic nitrogens is 3. The van der Waals surface area contributed by atoms with Crippen molar-refractivity contribution < 1.29 is 42.4 Å². The Morgan fingerprint density at radius 1 is 0.784 bits per heavy atom. The SMILES string of the molecule is COC(=O)c1ccc(COc2c(-c3c(C)c(F)cc4nn(C(c5ccccc5)(c5ccccc5)c5ccccc5)cc34)c(C3CC3)cc3c(O[C@H]4CCN(C(=O)OC(C)(C)C)C4)cc(OC[C@H](C)OC)nc23)cc1. The quantitative estimate of drug-likeness (QED) is 0.0683. The Bertz CT molecular complexity index is 3220. The molecule has 2 aliphatic rings. The second-order valence-corrected chi connectivity index (χ2v) is 20.3. The molecule has 1 saturated heterocycles. The Labute approximate surface area is 430 Å². The van der Waals surface area contributed by atoms with E-state index in [9.17, 15) is 9.59 Å². The van der Waals surface area contributed by atoms with Crippen LogP contribution < -0.4 is 14.2 Å². The molecule has 2 fully saturated rings. The van der Waals surface area contributed by atoms with Crippen LogP contribution in [0.25, 0.3) is 32.9 Å². The molecule has 6 aromatic carbocycles. The fourth-order valence-corrected chi connectivity index (χ4v) is 10.0. The first-order chi connectivity index (χ1) is 35.7. The van der Waals surface area contributed by atoms with Crippen molar-refractivity contribution in [2.45, 2.75) is 89.8 Å². The number of fused-ring (bicyclic) bond motifs is 2. The first kappa shape index (κ1) is 49.8. The second kappa shape index (κ2) is 20.6. The monoisotopic (exact) mass is 996 g/mol. The standard InChI is InChI=1S/C61H61FN4O8/c1-38(69-6)36-71-53-33-52(73-46-29-30-65(34-46)59(68)74-60(3,4)5)48-31-47(41-27-28-41)55(57(56(48)63-53)72-37-40-23-25-42(26-24-40)58(67)70-7)54-39(2)50(62)32-51-49(54)35-66(64-51)61(43-17-11-8-12-18-43,44-19-13-9-14-20-44)45-21-15-10-16-22-45/h8-26,31-33,35,38,41,46H,27-30,34,36-37H2,1-7H3/t38-,46-/m0/s1. The third-order valence-electron chi connectivity index (χ3n) is 13.9. The van der Waals surface area contributed by atoms with Gasteiger partial charge in [-0.3, -0.25) is 4.68 Å². The van der Waals surface area contributed by atoms with Gasteiger partial charge >= 0.3 is 12.1 Å². The van der Waals surface area contributed by atoms with E-state index in [-0.39, 0.29) is 37.2 Å². The van der Waals surface area contributed by atoms with Gasteiger partial charge in [-0.15, -0.1) is 0 Å². The van der Waals surface area contributed by atoms with E-state index >= 15 is 4.39 Å². The Hall–Kier alpha value is -7.77. The van der Waals surface area contributed by atoms with Crippen molar-refractivity contribution in [3.8, 4) is 28.5 Å². The summed E-state index contributed by atoms with van der Waals surface area (Å²) in [5.41, 5.74) is 6.03. The molecule has 1 aliphatic heterocycles. The second-order valence-electron chi connectivity index (χ2n) is 20.3. The predicted octanol–water partition coefficient (Wildman–Crippen LogP) is 12.6. The maximum Gasteiger partial charge on any atom is 0.410 e. The van der Waals surface area contributed by atoms with Gasteiger partial charge in [-0.1, -0.05) is 103 Å². The number of esters is 1. The Kier molecular flexibility index (Phi) is 13.9. The van der Waals surface area contributed by atoms with Crippen LogP contribution in [0.2, 0.25) is 0 Å². The third-order valence-corrected chi connectivity index (χ3v) is 13.9. The van der Waals surface area contributed by atoms with Gasteiger partial charge in [0.05, 0.1) is 30.8 Å². The molecule has 0 radical (unpaired) electrons.